The summed E-state index contributed by atoms with van der Waals surface area (Å²) in [6.45, 7) is 3.19. The van der Waals surface area contributed by atoms with E-state index in [2.05, 4.69) is 15.5 Å². The number of nitrogens with zero attached hydrogens (tertiary/aromatic N) is 2. The Hall–Kier alpha value is -4.39. The fourth-order valence-electron chi connectivity index (χ4n) is 4.06. The zero-order valence-corrected chi connectivity index (χ0v) is 19.3. The van der Waals surface area contributed by atoms with Gasteiger partial charge in [-0.1, -0.05) is 36.4 Å². The Balaban J connectivity index is 1.17. The van der Waals surface area contributed by atoms with Crippen molar-refractivity contribution in [3.63, 3.8) is 0 Å². The summed E-state index contributed by atoms with van der Waals surface area (Å²) in [5.41, 5.74) is 3.38. The lowest BCUT2D eigenvalue weighted by molar-refractivity contribution is -0.121. The molecule has 0 fully saturated rings. The second-order valence-corrected chi connectivity index (χ2v) is 7.96. The fraction of sp³-hybridized carbons (Fsp3) is 0.179. The van der Waals surface area contributed by atoms with E-state index in [4.69, 9.17) is 14.2 Å². The molecule has 1 aliphatic rings. The number of hydrogen-bond donors (Lipinski definition) is 1. The highest BCUT2D eigenvalue weighted by Crippen LogP contribution is 2.43. The maximum absolute atomic E-state index is 13.1. The number of carbonyl (C=O) groups is 1. The van der Waals surface area contributed by atoms with Crippen molar-refractivity contribution in [2.75, 3.05) is 19.8 Å². The summed E-state index contributed by atoms with van der Waals surface area (Å²) in [4.78, 5) is 13.1. The second kappa shape index (κ2) is 10.3. The first-order chi connectivity index (χ1) is 17.2. The van der Waals surface area contributed by atoms with Crippen LogP contribution in [0, 0.1) is 0 Å². The van der Waals surface area contributed by atoms with Crippen LogP contribution in [0.1, 0.15) is 24.0 Å². The van der Waals surface area contributed by atoms with Crippen molar-refractivity contribution in [3.8, 4) is 34.4 Å². The lowest BCUT2D eigenvalue weighted by Crippen LogP contribution is -2.34. The average molecular weight is 468 g/mol. The van der Waals surface area contributed by atoms with E-state index in [0.29, 0.717) is 30.5 Å². The van der Waals surface area contributed by atoms with Crippen LogP contribution in [0.15, 0.2) is 84.9 Å². The molecular formula is C28H25N3O4. The van der Waals surface area contributed by atoms with Crippen LogP contribution in [-0.2, 0) is 4.79 Å². The molecule has 35 heavy (non-hydrogen) atoms. The number of para-hydroxylation sites is 2. The van der Waals surface area contributed by atoms with Gasteiger partial charge in [-0.15, -0.1) is 10.2 Å². The van der Waals surface area contributed by atoms with Crippen LogP contribution >= 0.6 is 0 Å². The highest BCUT2D eigenvalue weighted by atomic mass is 16.5. The normalized spacial score (nSPS) is 12.1. The van der Waals surface area contributed by atoms with Crippen molar-refractivity contribution >= 4 is 5.91 Å². The summed E-state index contributed by atoms with van der Waals surface area (Å²) < 4.78 is 17.1. The van der Waals surface area contributed by atoms with E-state index in [1.807, 2.05) is 85.8 Å². The Morgan fingerprint density at radius 2 is 1.54 bits per heavy atom. The van der Waals surface area contributed by atoms with Gasteiger partial charge < -0.3 is 19.5 Å². The summed E-state index contributed by atoms with van der Waals surface area (Å²) >= 11 is 0. The maximum Gasteiger partial charge on any atom is 0.233 e. The van der Waals surface area contributed by atoms with Crippen molar-refractivity contribution in [2.24, 2.45) is 0 Å². The molecule has 0 unspecified atom stereocenters. The molecule has 4 aromatic rings. The standard InChI is InChI=1S/C28H25N3O4/c1-2-33-20-13-11-19(12-14-20)23-15-16-26(31-30-23)34-18-17-29-28(32)27-21-7-3-5-9-24(21)35-25-10-6-4-8-22(25)27/h3-16,27H,2,17-18H2,1H3,(H,29,32). The summed E-state index contributed by atoms with van der Waals surface area (Å²) in [5, 5.41) is 11.4. The molecule has 7 heteroatoms. The Morgan fingerprint density at radius 3 is 2.17 bits per heavy atom. The molecule has 3 aromatic carbocycles. The minimum absolute atomic E-state index is 0.103. The Labute approximate surface area is 203 Å². The number of nitrogens with one attached hydrogen (secondary N) is 1. The van der Waals surface area contributed by atoms with E-state index in [-0.39, 0.29) is 12.5 Å². The van der Waals surface area contributed by atoms with Crippen LogP contribution < -0.4 is 19.5 Å². The van der Waals surface area contributed by atoms with Gasteiger partial charge in [-0.25, -0.2) is 0 Å². The van der Waals surface area contributed by atoms with Gasteiger partial charge in [0.15, 0.2) is 0 Å². The molecule has 0 radical (unpaired) electrons. The summed E-state index contributed by atoms with van der Waals surface area (Å²) in [5.74, 6) is 2.07. The van der Waals surface area contributed by atoms with E-state index in [1.54, 1.807) is 6.07 Å². The second-order valence-electron chi connectivity index (χ2n) is 7.96. The molecule has 176 valence electrons. The number of hydrogen-bond acceptors (Lipinski definition) is 6. The SMILES string of the molecule is CCOc1ccc(-c2ccc(OCCNC(=O)C3c4ccccc4Oc4ccccc43)nn2)cc1. The van der Waals surface area contributed by atoms with Gasteiger partial charge in [0.1, 0.15) is 23.9 Å². The van der Waals surface area contributed by atoms with Crippen LogP contribution in [-0.4, -0.2) is 35.9 Å². The van der Waals surface area contributed by atoms with E-state index in [9.17, 15) is 4.79 Å². The number of rotatable bonds is 8. The van der Waals surface area contributed by atoms with Crippen molar-refractivity contribution < 1.29 is 19.0 Å². The van der Waals surface area contributed by atoms with E-state index < -0.39 is 5.92 Å². The van der Waals surface area contributed by atoms with Crippen molar-refractivity contribution in [2.45, 2.75) is 12.8 Å². The molecule has 0 bridgehead atoms. The molecular weight excluding hydrogens is 442 g/mol. The lowest BCUT2D eigenvalue weighted by Gasteiger charge is -2.27. The van der Waals surface area contributed by atoms with E-state index in [0.717, 1.165) is 28.1 Å². The molecule has 0 saturated carbocycles. The van der Waals surface area contributed by atoms with Crippen LogP contribution in [0.3, 0.4) is 0 Å². The van der Waals surface area contributed by atoms with Crippen molar-refractivity contribution in [3.05, 3.63) is 96.1 Å². The van der Waals surface area contributed by atoms with Gasteiger partial charge in [-0.3, -0.25) is 4.79 Å². The topological polar surface area (TPSA) is 82.6 Å². The first-order valence-corrected chi connectivity index (χ1v) is 11.6. The number of benzene rings is 3. The van der Waals surface area contributed by atoms with Gasteiger partial charge in [0, 0.05) is 22.8 Å². The number of fused-ring (bicyclic) bond motifs is 2. The summed E-state index contributed by atoms with van der Waals surface area (Å²) in [6, 6.07) is 26.6. The monoisotopic (exact) mass is 467 g/mol. The smallest absolute Gasteiger partial charge is 0.233 e. The summed E-state index contributed by atoms with van der Waals surface area (Å²) in [6.07, 6.45) is 0. The molecule has 0 spiro atoms. The highest BCUT2D eigenvalue weighted by Gasteiger charge is 2.32. The first-order valence-electron chi connectivity index (χ1n) is 11.6. The molecule has 0 aliphatic carbocycles. The maximum atomic E-state index is 13.1. The van der Waals surface area contributed by atoms with E-state index in [1.165, 1.54) is 0 Å². The number of carbonyl (C=O) groups excluding carboxylic acids is 1. The van der Waals surface area contributed by atoms with Gasteiger partial charge in [0.2, 0.25) is 11.8 Å². The minimum atomic E-state index is -0.440. The van der Waals surface area contributed by atoms with Gasteiger partial charge >= 0.3 is 0 Å². The van der Waals surface area contributed by atoms with Gasteiger partial charge in [-0.05, 0) is 49.4 Å². The molecule has 0 saturated heterocycles. The predicted octanol–water partition coefficient (Wildman–Crippen LogP) is 4.98. The number of amides is 1. The van der Waals surface area contributed by atoms with E-state index >= 15 is 0 Å². The number of ether oxygens (including phenoxy) is 3. The molecule has 7 nitrogen and oxygen atoms in total. The third-order valence-electron chi connectivity index (χ3n) is 5.69. The Kier molecular flexibility index (Phi) is 6.57. The Bertz CT molecular complexity index is 1260. The van der Waals surface area contributed by atoms with Crippen LogP contribution in [0.25, 0.3) is 11.3 Å². The Morgan fingerprint density at radius 1 is 0.857 bits per heavy atom. The molecule has 0 atom stereocenters. The van der Waals surface area contributed by atoms with Crippen LogP contribution in [0.5, 0.6) is 23.1 Å². The molecule has 1 aromatic heterocycles. The first kappa shape index (κ1) is 22.4. The van der Waals surface area contributed by atoms with Crippen molar-refractivity contribution in [1.82, 2.24) is 15.5 Å². The quantitative estimate of drug-likeness (QED) is 0.368. The van der Waals surface area contributed by atoms with Crippen LogP contribution in [0.2, 0.25) is 0 Å². The largest absolute Gasteiger partial charge is 0.494 e. The van der Waals surface area contributed by atoms with Gasteiger partial charge in [-0.2, -0.15) is 0 Å². The summed E-state index contributed by atoms with van der Waals surface area (Å²) in [7, 11) is 0. The predicted molar refractivity (Wildman–Crippen MR) is 132 cm³/mol. The molecule has 5 rings (SSSR count). The van der Waals surface area contributed by atoms with Gasteiger partial charge in [0.05, 0.1) is 24.8 Å². The third kappa shape index (κ3) is 4.94. The molecule has 1 amide bonds. The molecule has 1 N–H and O–H groups in total. The minimum Gasteiger partial charge on any atom is -0.494 e. The lowest BCUT2D eigenvalue weighted by atomic mass is 9.87. The molecule has 2 heterocycles. The van der Waals surface area contributed by atoms with Crippen LogP contribution in [0.4, 0.5) is 0 Å². The number of aromatic nitrogens is 2. The zero-order chi connectivity index (χ0) is 24.0. The van der Waals surface area contributed by atoms with Crippen molar-refractivity contribution in [1.29, 1.82) is 0 Å². The zero-order valence-electron chi connectivity index (χ0n) is 19.3. The third-order valence-corrected chi connectivity index (χ3v) is 5.69. The highest BCUT2D eigenvalue weighted by molar-refractivity contribution is 5.89. The fourth-order valence-corrected chi connectivity index (χ4v) is 4.06. The average Bonchev–Trinajstić information content (AvgIpc) is 2.90. The van der Waals surface area contributed by atoms with Gasteiger partial charge in [0.25, 0.3) is 0 Å². The molecule has 1 aliphatic heterocycles.